The Morgan fingerprint density at radius 1 is 1.12 bits per heavy atom. The first-order chi connectivity index (χ1) is 11.7. The lowest BCUT2D eigenvalue weighted by molar-refractivity contribution is -0.134. The van der Waals surface area contributed by atoms with E-state index in [1.54, 1.807) is 23.2 Å². The van der Waals surface area contributed by atoms with Gasteiger partial charge in [0.2, 0.25) is 5.91 Å². The normalized spacial score (nSPS) is 16.5. The minimum Gasteiger partial charge on any atom is -0.352 e. The van der Waals surface area contributed by atoms with Gasteiger partial charge in [-0.05, 0) is 19.1 Å². The Labute approximate surface area is 139 Å². The summed E-state index contributed by atoms with van der Waals surface area (Å²) in [6.07, 6.45) is 8.78. The minimum absolute atomic E-state index is 0.130. The van der Waals surface area contributed by atoms with E-state index in [0.29, 0.717) is 13.1 Å². The van der Waals surface area contributed by atoms with Crippen LogP contribution in [0.5, 0.6) is 0 Å². The second-order valence-electron chi connectivity index (χ2n) is 5.92. The van der Waals surface area contributed by atoms with Crippen molar-refractivity contribution in [2.24, 2.45) is 0 Å². The first kappa shape index (κ1) is 14.7. The molecular weight excluding hydrogens is 306 g/mol. The average Bonchev–Trinajstić information content (AvgIpc) is 3.31. The van der Waals surface area contributed by atoms with Gasteiger partial charge in [-0.15, -0.1) is 5.10 Å². The Morgan fingerprint density at radius 3 is 2.71 bits per heavy atom. The van der Waals surface area contributed by atoms with E-state index in [-0.39, 0.29) is 11.9 Å². The summed E-state index contributed by atoms with van der Waals surface area (Å²) >= 11 is 0. The number of rotatable bonds is 3. The van der Waals surface area contributed by atoms with Crippen molar-refractivity contribution in [1.82, 2.24) is 29.0 Å². The summed E-state index contributed by atoms with van der Waals surface area (Å²) in [6.45, 7) is 4.85. The topological polar surface area (TPSA) is 71.6 Å². The average molecular weight is 325 g/mol. The van der Waals surface area contributed by atoms with Crippen molar-refractivity contribution in [2.45, 2.75) is 13.0 Å². The highest BCUT2D eigenvalue weighted by molar-refractivity contribution is 5.80. The highest BCUT2D eigenvalue weighted by Crippen LogP contribution is 2.16. The molecule has 24 heavy (non-hydrogen) atoms. The summed E-state index contributed by atoms with van der Waals surface area (Å²) in [5.41, 5.74) is 0.835. The zero-order valence-electron chi connectivity index (χ0n) is 13.5. The number of hydrogen-bond acceptors (Lipinski definition) is 5. The zero-order chi connectivity index (χ0) is 16.5. The van der Waals surface area contributed by atoms with Crippen molar-refractivity contribution in [1.29, 1.82) is 0 Å². The van der Waals surface area contributed by atoms with E-state index in [4.69, 9.17) is 0 Å². The highest BCUT2D eigenvalue weighted by atomic mass is 16.2. The first-order valence-corrected chi connectivity index (χ1v) is 8.04. The molecule has 3 aromatic heterocycles. The third-order valence-electron chi connectivity index (χ3n) is 4.49. The van der Waals surface area contributed by atoms with Crippen LogP contribution in [0.2, 0.25) is 0 Å². The van der Waals surface area contributed by atoms with Crippen LogP contribution in [0.3, 0.4) is 0 Å². The summed E-state index contributed by atoms with van der Waals surface area (Å²) in [5.74, 6) is 1.04. The molecule has 1 aliphatic rings. The maximum Gasteiger partial charge on any atom is 0.245 e. The van der Waals surface area contributed by atoms with E-state index in [9.17, 15) is 4.79 Å². The molecule has 1 fully saturated rings. The van der Waals surface area contributed by atoms with Crippen LogP contribution in [-0.4, -0.2) is 61.1 Å². The number of anilines is 1. The van der Waals surface area contributed by atoms with Crippen LogP contribution >= 0.6 is 0 Å². The summed E-state index contributed by atoms with van der Waals surface area (Å²) in [5, 5.41) is 4.57. The molecule has 1 saturated heterocycles. The van der Waals surface area contributed by atoms with Crippen LogP contribution in [0.15, 0.2) is 43.2 Å². The Morgan fingerprint density at radius 2 is 1.96 bits per heavy atom. The molecule has 0 radical (unpaired) electrons. The van der Waals surface area contributed by atoms with E-state index in [2.05, 4.69) is 20.0 Å². The molecule has 4 rings (SSSR count). The molecule has 8 heteroatoms. The summed E-state index contributed by atoms with van der Waals surface area (Å²) in [4.78, 5) is 24.9. The smallest absolute Gasteiger partial charge is 0.245 e. The highest BCUT2D eigenvalue weighted by Gasteiger charge is 2.26. The van der Waals surface area contributed by atoms with Crippen LogP contribution in [-0.2, 0) is 4.79 Å². The van der Waals surface area contributed by atoms with Gasteiger partial charge in [0.1, 0.15) is 11.9 Å². The fourth-order valence-corrected chi connectivity index (χ4v) is 3.02. The molecule has 124 valence electrons. The Balaban J connectivity index is 1.41. The van der Waals surface area contributed by atoms with Gasteiger partial charge in [0.25, 0.3) is 0 Å². The monoisotopic (exact) mass is 325 g/mol. The molecule has 8 nitrogen and oxygen atoms in total. The number of hydrogen-bond donors (Lipinski definition) is 0. The summed E-state index contributed by atoms with van der Waals surface area (Å²) < 4.78 is 3.61. The number of fused-ring (bicyclic) bond motifs is 1. The van der Waals surface area contributed by atoms with Gasteiger partial charge in [0.15, 0.2) is 5.65 Å². The number of carbonyl (C=O) groups is 1. The molecule has 1 aliphatic heterocycles. The van der Waals surface area contributed by atoms with Crippen molar-refractivity contribution in [3.8, 4) is 0 Å². The van der Waals surface area contributed by atoms with Gasteiger partial charge < -0.3 is 14.4 Å². The van der Waals surface area contributed by atoms with Gasteiger partial charge in [-0.25, -0.2) is 14.5 Å². The number of nitrogens with zero attached hydrogens (tertiary/aromatic N) is 7. The van der Waals surface area contributed by atoms with Gasteiger partial charge in [-0.3, -0.25) is 4.79 Å². The Bertz CT molecular complexity index is 833. The molecule has 1 amide bonds. The standard InChI is InChI=1S/C16H19N7O/c1-13(22-6-4-17-12-22)16(24)21-10-8-20(9-11-21)15-3-2-14-18-5-7-23(14)19-15/h2-7,12-13H,8-11H2,1H3. The van der Waals surface area contributed by atoms with Crippen LogP contribution in [0, 0.1) is 0 Å². The Kier molecular flexibility index (Phi) is 3.64. The van der Waals surface area contributed by atoms with Crippen molar-refractivity contribution < 1.29 is 4.79 Å². The van der Waals surface area contributed by atoms with Crippen LogP contribution in [0.1, 0.15) is 13.0 Å². The van der Waals surface area contributed by atoms with Crippen molar-refractivity contribution in [3.05, 3.63) is 43.2 Å². The van der Waals surface area contributed by atoms with E-state index in [0.717, 1.165) is 24.6 Å². The zero-order valence-corrected chi connectivity index (χ0v) is 13.5. The molecule has 0 aliphatic carbocycles. The molecule has 0 aromatic carbocycles. The molecule has 0 N–H and O–H groups in total. The molecule has 3 aromatic rings. The lowest BCUT2D eigenvalue weighted by atomic mass is 10.2. The molecule has 4 heterocycles. The van der Waals surface area contributed by atoms with Crippen LogP contribution in [0.4, 0.5) is 5.82 Å². The van der Waals surface area contributed by atoms with Crippen LogP contribution in [0.25, 0.3) is 5.65 Å². The predicted molar refractivity (Wildman–Crippen MR) is 88.7 cm³/mol. The van der Waals surface area contributed by atoms with E-state index in [1.807, 2.05) is 40.9 Å². The maximum absolute atomic E-state index is 12.6. The molecule has 1 unspecified atom stereocenters. The molecular formula is C16H19N7O. The fraction of sp³-hybridized carbons (Fsp3) is 0.375. The first-order valence-electron chi connectivity index (χ1n) is 8.04. The SMILES string of the molecule is CC(C(=O)N1CCN(c2ccc3nccn3n2)CC1)n1ccnc1. The van der Waals surface area contributed by atoms with Crippen molar-refractivity contribution in [3.63, 3.8) is 0 Å². The minimum atomic E-state index is -0.223. The second kappa shape index (κ2) is 5.95. The van der Waals surface area contributed by atoms with E-state index < -0.39 is 0 Å². The predicted octanol–water partition coefficient (Wildman–Crippen LogP) is 0.836. The number of carbonyl (C=O) groups excluding carboxylic acids is 1. The third-order valence-corrected chi connectivity index (χ3v) is 4.49. The van der Waals surface area contributed by atoms with Gasteiger partial charge in [0, 0.05) is 51.0 Å². The maximum atomic E-state index is 12.6. The lowest BCUT2D eigenvalue weighted by Crippen LogP contribution is -2.50. The molecule has 0 spiro atoms. The molecule has 1 atom stereocenters. The van der Waals surface area contributed by atoms with Crippen LogP contribution < -0.4 is 4.90 Å². The van der Waals surface area contributed by atoms with Gasteiger partial charge in [-0.1, -0.05) is 0 Å². The van der Waals surface area contributed by atoms with Crippen molar-refractivity contribution >= 4 is 17.4 Å². The van der Waals surface area contributed by atoms with Crippen molar-refractivity contribution in [2.75, 3.05) is 31.1 Å². The molecule has 0 saturated carbocycles. The quantitative estimate of drug-likeness (QED) is 0.713. The number of piperazine rings is 1. The fourth-order valence-electron chi connectivity index (χ4n) is 3.02. The van der Waals surface area contributed by atoms with Gasteiger partial charge in [0.05, 0.1) is 6.33 Å². The van der Waals surface area contributed by atoms with Gasteiger partial charge in [-0.2, -0.15) is 0 Å². The number of amides is 1. The number of imidazole rings is 2. The van der Waals surface area contributed by atoms with E-state index >= 15 is 0 Å². The summed E-state index contributed by atoms with van der Waals surface area (Å²) in [6, 6.07) is 3.72. The van der Waals surface area contributed by atoms with Gasteiger partial charge >= 0.3 is 0 Å². The van der Waals surface area contributed by atoms with E-state index in [1.165, 1.54) is 0 Å². The third kappa shape index (κ3) is 2.60. The second-order valence-corrected chi connectivity index (χ2v) is 5.92. The lowest BCUT2D eigenvalue weighted by Gasteiger charge is -2.36. The largest absolute Gasteiger partial charge is 0.352 e. The molecule has 0 bridgehead atoms. The Hall–Kier alpha value is -2.90. The number of aromatic nitrogens is 5. The summed E-state index contributed by atoms with van der Waals surface area (Å²) in [7, 11) is 0.